The van der Waals surface area contributed by atoms with Gasteiger partial charge in [-0.05, 0) is 37.2 Å². The van der Waals surface area contributed by atoms with Crippen molar-refractivity contribution in [1.29, 1.82) is 0 Å². The van der Waals surface area contributed by atoms with Crippen LogP contribution in [0.1, 0.15) is 11.1 Å². The number of benzene rings is 1. The van der Waals surface area contributed by atoms with Crippen LogP contribution in [0.25, 0.3) is 0 Å². The summed E-state index contributed by atoms with van der Waals surface area (Å²) in [5.41, 5.74) is 1.92. The van der Waals surface area contributed by atoms with E-state index in [0.717, 1.165) is 5.56 Å². The predicted octanol–water partition coefficient (Wildman–Crippen LogP) is 1.90. The molecule has 0 radical (unpaired) electrons. The van der Waals surface area contributed by atoms with E-state index in [9.17, 15) is 8.42 Å². The Labute approximate surface area is 129 Å². The maximum atomic E-state index is 12.5. The van der Waals surface area contributed by atoms with Gasteiger partial charge in [-0.1, -0.05) is 11.6 Å². The fourth-order valence-corrected chi connectivity index (χ4v) is 3.69. The van der Waals surface area contributed by atoms with Gasteiger partial charge in [0.2, 0.25) is 0 Å². The van der Waals surface area contributed by atoms with Crippen LogP contribution in [0.2, 0.25) is 5.02 Å². The number of rotatable bonds is 5. The normalized spacial score (nSPS) is 11.6. The van der Waals surface area contributed by atoms with Crippen LogP contribution in [0.3, 0.4) is 0 Å². The Morgan fingerprint density at radius 1 is 1.38 bits per heavy atom. The number of aromatic nitrogens is 2. The van der Waals surface area contributed by atoms with E-state index in [-0.39, 0.29) is 4.90 Å². The summed E-state index contributed by atoms with van der Waals surface area (Å²) in [7, 11) is -0.200. The van der Waals surface area contributed by atoms with E-state index in [0.29, 0.717) is 22.8 Å². The van der Waals surface area contributed by atoms with E-state index in [1.54, 1.807) is 33.3 Å². The second-order valence-electron chi connectivity index (χ2n) is 4.73. The molecule has 8 heteroatoms. The first kappa shape index (κ1) is 15.8. The van der Waals surface area contributed by atoms with Crippen LogP contribution < -0.4 is 10.0 Å². The Morgan fingerprint density at radius 2 is 2.10 bits per heavy atom. The molecule has 21 heavy (non-hydrogen) atoms. The quantitative estimate of drug-likeness (QED) is 0.879. The molecule has 0 aliphatic heterocycles. The molecule has 0 unspecified atom stereocenters. The van der Waals surface area contributed by atoms with Gasteiger partial charge in [0, 0.05) is 24.8 Å². The molecule has 0 fully saturated rings. The van der Waals surface area contributed by atoms with E-state index in [2.05, 4.69) is 15.1 Å². The van der Waals surface area contributed by atoms with Crippen molar-refractivity contribution in [3.8, 4) is 0 Å². The van der Waals surface area contributed by atoms with Gasteiger partial charge in [-0.2, -0.15) is 5.10 Å². The van der Waals surface area contributed by atoms with E-state index in [1.165, 1.54) is 16.9 Å². The first-order valence-corrected chi connectivity index (χ1v) is 8.14. The summed E-state index contributed by atoms with van der Waals surface area (Å²) in [6.45, 7) is 2.31. The summed E-state index contributed by atoms with van der Waals surface area (Å²) < 4.78 is 29.1. The van der Waals surface area contributed by atoms with Gasteiger partial charge in [0.15, 0.2) is 0 Å². The highest BCUT2D eigenvalue weighted by atomic mass is 35.5. The number of nitrogens with one attached hydrogen (secondary N) is 2. The zero-order chi connectivity index (χ0) is 15.6. The summed E-state index contributed by atoms with van der Waals surface area (Å²) in [5.74, 6) is 0. The Hall–Kier alpha value is -1.57. The maximum Gasteiger partial charge on any atom is 0.262 e. The summed E-state index contributed by atoms with van der Waals surface area (Å²) in [4.78, 5) is 0.170. The van der Waals surface area contributed by atoms with Gasteiger partial charge in [0.05, 0.1) is 16.8 Å². The number of sulfonamides is 1. The Kier molecular flexibility index (Phi) is 4.55. The molecule has 1 aromatic heterocycles. The topological polar surface area (TPSA) is 76.0 Å². The molecule has 1 heterocycles. The van der Waals surface area contributed by atoms with Crippen molar-refractivity contribution in [2.45, 2.75) is 18.4 Å². The van der Waals surface area contributed by atoms with Crippen molar-refractivity contribution in [3.05, 3.63) is 40.7 Å². The fraction of sp³-hybridized carbons (Fsp3) is 0.308. The average molecular weight is 329 g/mol. The molecular weight excluding hydrogens is 312 g/mol. The van der Waals surface area contributed by atoms with E-state index >= 15 is 0 Å². The number of nitrogens with zero attached hydrogens (tertiary/aromatic N) is 2. The summed E-state index contributed by atoms with van der Waals surface area (Å²) in [6.07, 6.45) is 3.04. The van der Waals surface area contributed by atoms with Crippen molar-refractivity contribution in [3.63, 3.8) is 0 Å². The number of hydrogen-bond donors (Lipinski definition) is 2. The predicted molar refractivity (Wildman–Crippen MR) is 83.0 cm³/mol. The van der Waals surface area contributed by atoms with E-state index in [4.69, 9.17) is 11.6 Å². The molecule has 0 amide bonds. The molecule has 2 rings (SSSR count). The Balaban J connectivity index is 2.44. The number of hydrogen-bond acceptors (Lipinski definition) is 4. The van der Waals surface area contributed by atoms with Crippen molar-refractivity contribution in [2.24, 2.45) is 7.05 Å². The van der Waals surface area contributed by atoms with Crippen LogP contribution in [0.5, 0.6) is 0 Å². The summed E-state index contributed by atoms with van der Waals surface area (Å²) in [5, 5.41) is 7.32. The minimum Gasteiger partial charge on any atom is -0.316 e. The van der Waals surface area contributed by atoms with Crippen molar-refractivity contribution < 1.29 is 8.42 Å². The molecule has 1 aromatic carbocycles. The average Bonchev–Trinajstić information content (AvgIpc) is 2.78. The third kappa shape index (κ3) is 3.55. The molecular formula is C13H17ClN4O2S. The molecule has 2 aromatic rings. The van der Waals surface area contributed by atoms with Crippen molar-refractivity contribution >= 4 is 27.3 Å². The molecule has 0 aliphatic carbocycles. The van der Waals surface area contributed by atoms with E-state index < -0.39 is 10.0 Å². The highest BCUT2D eigenvalue weighted by molar-refractivity contribution is 7.92. The second-order valence-corrected chi connectivity index (χ2v) is 6.81. The van der Waals surface area contributed by atoms with Crippen LogP contribution in [-0.4, -0.2) is 25.2 Å². The number of anilines is 1. The highest BCUT2D eigenvalue weighted by Crippen LogP contribution is 2.26. The molecule has 0 aliphatic rings. The first-order valence-electron chi connectivity index (χ1n) is 6.28. The van der Waals surface area contributed by atoms with Gasteiger partial charge in [-0.3, -0.25) is 9.40 Å². The fourth-order valence-electron chi connectivity index (χ4n) is 2.05. The monoisotopic (exact) mass is 328 g/mol. The van der Waals surface area contributed by atoms with Crippen LogP contribution in [0.4, 0.5) is 5.69 Å². The maximum absolute atomic E-state index is 12.5. The smallest absolute Gasteiger partial charge is 0.262 e. The van der Waals surface area contributed by atoms with Crippen molar-refractivity contribution in [1.82, 2.24) is 15.1 Å². The standard InChI is InChI=1S/C13H17ClN4O2S/c1-9-10(6-15-2)4-11(14)5-13(9)21(19,20)17-12-7-16-18(3)8-12/h4-5,7-8,15,17H,6H2,1-3H3. The molecule has 2 N–H and O–H groups in total. The third-order valence-electron chi connectivity index (χ3n) is 3.05. The summed E-state index contributed by atoms with van der Waals surface area (Å²) >= 11 is 6.03. The molecule has 6 nitrogen and oxygen atoms in total. The lowest BCUT2D eigenvalue weighted by Gasteiger charge is -2.13. The molecule has 0 saturated heterocycles. The zero-order valence-corrected chi connectivity index (χ0v) is 13.6. The Bertz CT molecular complexity index is 756. The molecule has 114 valence electrons. The van der Waals surface area contributed by atoms with Crippen LogP contribution in [0, 0.1) is 6.92 Å². The lowest BCUT2D eigenvalue weighted by Crippen LogP contribution is -2.16. The second kappa shape index (κ2) is 6.05. The van der Waals surface area contributed by atoms with Crippen molar-refractivity contribution in [2.75, 3.05) is 11.8 Å². The molecule has 0 atom stereocenters. The van der Waals surface area contributed by atoms with Crippen LogP contribution in [0.15, 0.2) is 29.4 Å². The van der Waals surface area contributed by atoms with Gasteiger partial charge < -0.3 is 5.32 Å². The molecule has 0 spiro atoms. The Morgan fingerprint density at radius 3 is 2.67 bits per heavy atom. The van der Waals surface area contributed by atoms with E-state index in [1.807, 2.05) is 0 Å². The molecule has 0 bridgehead atoms. The molecule has 0 saturated carbocycles. The number of halogens is 1. The van der Waals surface area contributed by atoms with Gasteiger partial charge in [0.1, 0.15) is 0 Å². The largest absolute Gasteiger partial charge is 0.316 e. The van der Waals surface area contributed by atoms with Gasteiger partial charge in [0.25, 0.3) is 10.0 Å². The van der Waals surface area contributed by atoms with Crippen LogP contribution in [-0.2, 0) is 23.6 Å². The minimum absolute atomic E-state index is 0.170. The third-order valence-corrected chi connectivity index (χ3v) is 4.77. The zero-order valence-electron chi connectivity index (χ0n) is 12.0. The van der Waals surface area contributed by atoms with Gasteiger partial charge in [-0.15, -0.1) is 0 Å². The van der Waals surface area contributed by atoms with Gasteiger partial charge in [-0.25, -0.2) is 8.42 Å². The highest BCUT2D eigenvalue weighted by Gasteiger charge is 2.20. The number of aryl methyl sites for hydroxylation is 1. The lowest BCUT2D eigenvalue weighted by molar-refractivity contribution is 0.600. The first-order chi connectivity index (χ1) is 9.83. The van der Waals surface area contributed by atoms with Crippen LogP contribution >= 0.6 is 11.6 Å². The SMILES string of the molecule is CNCc1cc(Cl)cc(S(=O)(=O)Nc2cnn(C)c2)c1C. The minimum atomic E-state index is -3.71. The lowest BCUT2D eigenvalue weighted by atomic mass is 10.1. The van der Waals surface area contributed by atoms with Gasteiger partial charge >= 0.3 is 0 Å². The summed E-state index contributed by atoms with van der Waals surface area (Å²) in [6, 6.07) is 3.21.